The van der Waals surface area contributed by atoms with E-state index in [0.717, 1.165) is 24.2 Å². The van der Waals surface area contributed by atoms with Crippen LogP contribution in [-0.2, 0) is 9.84 Å². The summed E-state index contributed by atoms with van der Waals surface area (Å²) in [5.41, 5.74) is 0.967. The van der Waals surface area contributed by atoms with Crippen molar-refractivity contribution < 1.29 is 17.9 Å². The number of rotatable bonds is 5. The highest BCUT2D eigenvalue weighted by Crippen LogP contribution is 2.29. The van der Waals surface area contributed by atoms with Crippen molar-refractivity contribution in [3.63, 3.8) is 0 Å². The first-order valence-electron chi connectivity index (χ1n) is 8.51. The van der Waals surface area contributed by atoms with Crippen molar-refractivity contribution in [3.8, 4) is 5.88 Å². The molecule has 10 heteroatoms. The molecule has 3 aromatic rings. The molecule has 0 radical (unpaired) electrons. The zero-order valence-corrected chi connectivity index (χ0v) is 17.4. The zero-order chi connectivity index (χ0) is 19.7. The first-order chi connectivity index (χ1) is 13.4. The highest BCUT2D eigenvalue weighted by atomic mass is 32.2. The molecule has 2 aromatic heterocycles. The molecule has 0 aliphatic carbocycles. The first-order valence-corrected chi connectivity index (χ1v) is 12.4. The molecule has 1 atom stereocenters. The molecule has 7 nitrogen and oxygen atoms in total. The maximum absolute atomic E-state index is 12.7. The standard InChI is InChI=1S/C18H17N3O4S3/c1-28(23,24)12-4-5-14-15(9-12)27-18(20-14)21-16(22)13-3-2-7-19-17(13)25-11-6-8-26-10-11/h2-5,7,9,11H,6,8,10H2,1H3,(H,20,21,22). The molecule has 1 aromatic carbocycles. The van der Waals surface area contributed by atoms with Gasteiger partial charge in [-0.05, 0) is 42.5 Å². The van der Waals surface area contributed by atoms with E-state index < -0.39 is 9.84 Å². The van der Waals surface area contributed by atoms with Crippen molar-refractivity contribution in [1.82, 2.24) is 9.97 Å². The van der Waals surface area contributed by atoms with Gasteiger partial charge in [0.1, 0.15) is 11.7 Å². The summed E-state index contributed by atoms with van der Waals surface area (Å²) >= 11 is 3.04. The summed E-state index contributed by atoms with van der Waals surface area (Å²) in [6.07, 6.45) is 3.75. The second-order valence-corrected chi connectivity index (χ2v) is 10.5. The number of sulfone groups is 1. The number of anilines is 1. The number of nitrogens with zero attached hydrogens (tertiary/aromatic N) is 2. The Morgan fingerprint density at radius 2 is 2.18 bits per heavy atom. The molecule has 3 heterocycles. The van der Waals surface area contributed by atoms with E-state index in [9.17, 15) is 13.2 Å². The number of aromatic nitrogens is 2. The largest absolute Gasteiger partial charge is 0.473 e. The second-order valence-electron chi connectivity index (χ2n) is 6.33. The van der Waals surface area contributed by atoms with Gasteiger partial charge < -0.3 is 4.74 Å². The van der Waals surface area contributed by atoms with Gasteiger partial charge in [0.2, 0.25) is 5.88 Å². The lowest BCUT2D eigenvalue weighted by Gasteiger charge is -2.14. The Bertz CT molecular complexity index is 1140. The molecule has 146 valence electrons. The fourth-order valence-electron chi connectivity index (χ4n) is 2.77. The summed E-state index contributed by atoms with van der Waals surface area (Å²) in [5.74, 6) is 1.88. The number of carbonyl (C=O) groups excluding carboxylic acids is 1. The number of thioether (sulfide) groups is 1. The monoisotopic (exact) mass is 435 g/mol. The average Bonchev–Trinajstić information content (AvgIpc) is 3.29. The number of amides is 1. The van der Waals surface area contributed by atoms with Crippen LogP contribution in [0, 0.1) is 0 Å². The molecule has 4 rings (SSSR count). The normalized spacial score (nSPS) is 17.0. The van der Waals surface area contributed by atoms with Gasteiger partial charge in [-0.3, -0.25) is 10.1 Å². The lowest BCUT2D eigenvalue weighted by molar-refractivity contribution is 0.101. The Morgan fingerprint density at radius 1 is 1.32 bits per heavy atom. The average molecular weight is 436 g/mol. The topological polar surface area (TPSA) is 98.2 Å². The first kappa shape index (κ1) is 19.2. The minimum Gasteiger partial charge on any atom is -0.473 e. The predicted molar refractivity (Wildman–Crippen MR) is 111 cm³/mol. The Kier molecular flexibility index (Phi) is 5.26. The fraction of sp³-hybridized carbons (Fsp3) is 0.278. The van der Waals surface area contributed by atoms with E-state index in [1.54, 1.807) is 30.5 Å². The smallest absolute Gasteiger partial charge is 0.262 e. The fourth-order valence-corrected chi connectivity index (χ4v) is 5.49. The quantitative estimate of drug-likeness (QED) is 0.657. The maximum Gasteiger partial charge on any atom is 0.262 e. The van der Waals surface area contributed by atoms with Crippen LogP contribution in [0.1, 0.15) is 16.8 Å². The van der Waals surface area contributed by atoms with Crippen molar-refractivity contribution in [2.75, 3.05) is 23.1 Å². The molecule has 1 amide bonds. The molecule has 28 heavy (non-hydrogen) atoms. The molecule has 1 aliphatic rings. The van der Waals surface area contributed by atoms with E-state index in [2.05, 4.69) is 15.3 Å². The van der Waals surface area contributed by atoms with Crippen molar-refractivity contribution in [1.29, 1.82) is 0 Å². The van der Waals surface area contributed by atoms with Crippen LogP contribution >= 0.6 is 23.1 Å². The molecule has 0 bridgehead atoms. The molecule has 1 fully saturated rings. The summed E-state index contributed by atoms with van der Waals surface area (Å²) in [5, 5.41) is 3.15. The van der Waals surface area contributed by atoms with Gasteiger partial charge in [0, 0.05) is 18.2 Å². The van der Waals surface area contributed by atoms with Gasteiger partial charge in [0.05, 0.1) is 15.1 Å². The summed E-state index contributed by atoms with van der Waals surface area (Å²) in [6.45, 7) is 0. The number of fused-ring (bicyclic) bond motifs is 1. The summed E-state index contributed by atoms with van der Waals surface area (Å²) in [7, 11) is -3.30. The number of pyridine rings is 1. The third-order valence-electron chi connectivity index (χ3n) is 4.19. The molecule has 0 saturated carbocycles. The van der Waals surface area contributed by atoms with E-state index in [4.69, 9.17) is 4.74 Å². The van der Waals surface area contributed by atoms with Crippen molar-refractivity contribution >= 4 is 54.2 Å². The van der Waals surface area contributed by atoms with E-state index in [0.29, 0.717) is 26.8 Å². The van der Waals surface area contributed by atoms with Gasteiger partial charge in [0.25, 0.3) is 5.91 Å². The van der Waals surface area contributed by atoms with E-state index in [-0.39, 0.29) is 16.9 Å². The third-order valence-corrected chi connectivity index (χ3v) is 7.37. The van der Waals surface area contributed by atoms with Crippen LogP contribution in [0.5, 0.6) is 5.88 Å². The molecule has 1 aliphatic heterocycles. The minimum absolute atomic E-state index is 0.0586. The van der Waals surface area contributed by atoms with Gasteiger partial charge in [-0.15, -0.1) is 0 Å². The highest BCUT2D eigenvalue weighted by Gasteiger charge is 2.22. The molecular weight excluding hydrogens is 418 g/mol. The molecule has 1 saturated heterocycles. The van der Waals surface area contributed by atoms with Crippen molar-refractivity contribution in [2.24, 2.45) is 0 Å². The number of nitrogens with one attached hydrogen (secondary N) is 1. The van der Waals surface area contributed by atoms with Crippen LogP contribution in [0.3, 0.4) is 0 Å². The Labute approximate surface area is 170 Å². The highest BCUT2D eigenvalue weighted by molar-refractivity contribution is 7.99. The summed E-state index contributed by atoms with van der Waals surface area (Å²) in [6, 6.07) is 8.05. The molecule has 0 spiro atoms. The predicted octanol–water partition coefficient (Wildman–Crippen LogP) is 3.23. The number of carbonyl (C=O) groups is 1. The summed E-state index contributed by atoms with van der Waals surface area (Å²) in [4.78, 5) is 21.5. The number of hydrogen-bond donors (Lipinski definition) is 1. The summed E-state index contributed by atoms with van der Waals surface area (Å²) < 4.78 is 30.0. The van der Waals surface area contributed by atoms with E-state index in [1.165, 1.54) is 17.4 Å². The number of ether oxygens (including phenoxy) is 1. The van der Waals surface area contributed by atoms with Crippen molar-refractivity contribution in [2.45, 2.75) is 17.4 Å². The van der Waals surface area contributed by atoms with Crippen LogP contribution in [-0.4, -0.2) is 48.2 Å². The Balaban J connectivity index is 1.57. The lowest BCUT2D eigenvalue weighted by Crippen LogP contribution is -2.20. The van der Waals surface area contributed by atoms with Gasteiger partial charge in [0.15, 0.2) is 15.0 Å². The Morgan fingerprint density at radius 3 is 2.93 bits per heavy atom. The van der Waals surface area contributed by atoms with Gasteiger partial charge in [-0.1, -0.05) is 11.3 Å². The Hall–Kier alpha value is -2.17. The zero-order valence-electron chi connectivity index (χ0n) is 14.9. The second kappa shape index (κ2) is 7.69. The van der Waals surface area contributed by atoms with Crippen LogP contribution < -0.4 is 10.1 Å². The number of hydrogen-bond acceptors (Lipinski definition) is 8. The van der Waals surface area contributed by atoms with Gasteiger partial charge in [-0.25, -0.2) is 18.4 Å². The van der Waals surface area contributed by atoms with Crippen molar-refractivity contribution in [3.05, 3.63) is 42.1 Å². The SMILES string of the molecule is CS(=O)(=O)c1ccc2nc(NC(=O)c3cccnc3OC3CCSC3)sc2c1. The van der Waals surface area contributed by atoms with E-state index in [1.807, 2.05) is 11.8 Å². The van der Waals surface area contributed by atoms with Crippen LogP contribution in [0.4, 0.5) is 5.13 Å². The lowest BCUT2D eigenvalue weighted by atomic mass is 10.2. The van der Waals surface area contributed by atoms with E-state index >= 15 is 0 Å². The van der Waals surface area contributed by atoms with Gasteiger partial charge >= 0.3 is 0 Å². The van der Waals surface area contributed by atoms with Crippen LogP contribution in [0.2, 0.25) is 0 Å². The van der Waals surface area contributed by atoms with Crippen LogP contribution in [0.15, 0.2) is 41.4 Å². The van der Waals surface area contributed by atoms with Gasteiger partial charge in [-0.2, -0.15) is 11.8 Å². The number of benzene rings is 1. The molecule has 1 N–H and O–H groups in total. The molecular formula is C18H17N3O4S3. The third kappa shape index (κ3) is 4.13. The maximum atomic E-state index is 12.7. The molecule has 1 unspecified atom stereocenters. The number of thiazole rings is 1. The minimum atomic E-state index is -3.30. The van der Waals surface area contributed by atoms with Crippen LogP contribution in [0.25, 0.3) is 10.2 Å².